The van der Waals surface area contributed by atoms with Gasteiger partial charge in [-0.25, -0.2) is 0 Å². The molecule has 1 aliphatic rings. The highest BCUT2D eigenvalue weighted by Crippen LogP contribution is 2.25. The lowest BCUT2D eigenvalue weighted by molar-refractivity contribution is 0.281. The molecule has 3 nitrogen and oxygen atoms in total. The van der Waals surface area contributed by atoms with Crippen LogP contribution in [0.2, 0.25) is 0 Å². The molecule has 0 aliphatic carbocycles. The molecule has 1 aromatic rings. The Hall–Kier alpha value is -1.06. The number of anilines is 1. The van der Waals surface area contributed by atoms with Crippen molar-refractivity contribution >= 4 is 5.69 Å². The van der Waals surface area contributed by atoms with Crippen LogP contribution in [-0.4, -0.2) is 31.3 Å². The van der Waals surface area contributed by atoms with E-state index in [-0.39, 0.29) is 6.61 Å². The fourth-order valence-electron chi connectivity index (χ4n) is 2.31. The third kappa shape index (κ3) is 2.79. The lowest BCUT2D eigenvalue weighted by atomic mass is 9.99. The van der Waals surface area contributed by atoms with Gasteiger partial charge in [0.15, 0.2) is 0 Å². The molecule has 1 aromatic carbocycles. The Bertz CT molecular complexity index is 370. The third-order valence-electron chi connectivity index (χ3n) is 3.40. The number of nitrogens with one attached hydrogen (secondary N) is 1. The first-order valence-corrected chi connectivity index (χ1v) is 6.41. The Balaban J connectivity index is 2.26. The van der Waals surface area contributed by atoms with Gasteiger partial charge in [-0.05, 0) is 17.5 Å². The van der Waals surface area contributed by atoms with Crippen LogP contribution >= 0.6 is 0 Å². The maximum absolute atomic E-state index is 9.51. The summed E-state index contributed by atoms with van der Waals surface area (Å²) < 4.78 is 0. The van der Waals surface area contributed by atoms with Gasteiger partial charge in [0, 0.05) is 37.4 Å². The zero-order chi connectivity index (χ0) is 12.3. The number of benzene rings is 1. The van der Waals surface area contributed by atoms with Crippen LogP contribution in [0.3, 0.4) is 0 Å². The summed E-state index contributed by atoms with van der Waals surface area (Å²) >= 11 is 0. The van der Waals surface area contributed by atoms with Gasteiger partial charge in [-0.3, -0.25) is 0 Å². The Labute approximate surface area is 103 Å². The second-order valence-corrected chi connectivity index (χ2v) is 4.94. The number of hydrogen-bond donors (Lipinski definition) is 2. The lowest BCUT2D eigenvalue weighted by Gasteiger charge is -2.31. The second-order valence-electron chi connectivity index (χ2n) is 4.94. The second kappa shape index (κ2) is 5.52. The molecule has 1 fully saturated rings. The zero-order valence-corrected chi connectivity index (χ0v) is 10.7. The van der Waals surface area contributed by atoms with Crippen LogP contribution in [-0.2, 0) is 6.61 Å². The van der Waals surface area contributed by atoms with Crippen LogP contribution in [0.5, 0.6) is 0 Å². The topological polar surface area (TPSA) is 35.5 Å². The SMILES string of the molecule is CC(C)c1ccc(N2CCNCC2)c(CO)c1. The van der Waals surface area contributed by atoms with E-state index in [1.807, 2.05) is 0 Å². The normalized spacial score (nSPS) is 16.6. The van der Waals surface area contributed by atoms with Gasteiger partial charge < -0.3 is 15.3 Å². The molecule has 0 spiro atoms. The molecular weight excluding hydrogens is 212 g/mol. The van der Waals surface area contributed by atoms with Gasteiger partial charge in [0.25, 0.3) is 0 Å². The van der Waals surface area contributed by atoms with Crippen molar-refractivity contribution in [2.45, 2.75) is 26.4 Å². The van der Waals surface area contributed by atoms with Crippen LogP contribution in [0.1, 0.15) is 30.9 Å². The quantitative estimate of drug-likeness (QED) is 0.836. The maximum atomic E-state index is 9.51. The lowest BCUT2D eigenvalue weighted by Crippen LogP contribution is -2.43. The fourth-order valence-corrected chi connectivity index (χ4v) is 2.31. The molecule has 1 aliphatic heterocycles. The summed E-state index contributed by atoms with van der Waals surface area (Å²) in [5, 5.41) is 12.9. The molecule has 2 rings (SSSR count). The first kappa shape index (κ1) is 12.4. The van der Waals surface area contributed by atoms with Crippen molar-refractivity contribution in [1.82, 2.24) is 5.32 Å². The number of rotatable bonds is 3. The molecule has 3 heteroatoms. The molecule has 0 atom stereocenters. The van der Waals surface area contributed by atoms with Crippen LogP contribution in [0.25, 0.3) is 0 Å². The third-order valence-corrected chi connectivity index (χ3v) is 3.40. The average Bonchev–Trinajstić information content (AvgIpc) is 2.39. The van der Waals surface area contributed by atoms with E-state index < -0.39 is 0 Å². The highest BCUT2D eigenvalue weighted by Gasteiger charge is 2.14. The van der Waals surface area contributed by atoms with E-state index in [4.69, 9.17) is 0 Å². The monoisotopic (exact) mass is 234 g/mol. The number of piperazine rings is 1. The minimum atomic E-state index is 0.125. The van der Waals surface area contributed by atoms with Gasteiger partial charge in [-0.2, -0.15) is 0 Å². The molecule has 0 aromatic heterocycles. The summed E-state index contributed by atoms with van der Waals surface area (Å²) in [5.41, 5.74) is 3.55. The number of nitrogens with zero attached hydrogens (tertiary/aromatic N) is 1. The Morgan fingerprint density at radius 1 is 1.29 bits per heavy atom. The summed E-state index contributed by atoms with van der Waals surface area (Å²) in [7, 11) is 0. The van der Waals surface area contributed by atoms with Crippen molar-refractivity contribution in [1.29, 1.82) is 0 Å². The molecule has 0 radical (unpaired) electrons. The summed E-state index contributed by atoms with van der Waals surface area (Å²) in [6.45, 7) is 8.58. The summed E-state index contributed by atoms with van der Waals surface area (Å²) in [6, 6.07) is 6.48. The molecule has 17 heavy (non-hydrogen) atoms. The zero-order valence-electron chi connectivity index (χ0n) is 10.7. The minimum absolute atomic E-state index is 0.125. The van der Waals surface area contributed by atoms with E-state index in [0.717, 1.165) is 31.7 Å². The van der Waals surface area contributed by atoms with Crippen LogP contribution < -0.4 is 10.2 Å². The first-order valence-electron chi connectivity index (χ1n) is 6.41. The fraction of sp³-hybridized carbons (Fsp3) is 0.571. The molecule has 0 bridgehead atoms. The van der Waals surface area contributed by atoms with Crippen molar-refractivity contribution in [2.24, 2.45) is 0 Å². The summed E-state index contributed by atoms with van der Waals surface area (Å²) in [6.07, 6.45) is 0. The predicted octanol–water partition coefficient (Wildman–Crippen LogP) is 1.71. The molecule has 0 saturated carbocycles. The van der Waals surface area contributed by atoms with Gasteiger partial charge in [0.1, 0.15) is 0 Å². The molecular formula is C14H22N2O. The van der Waals surface area contributed by atoms with Gasteiger partial charge >= 0.3 is 0 Å². The molecule has 94 valence electrons. The average molecular weight is 234 g/mol. The molecule has 1 heterocycles. The van der Waals surface area contributed by atoms with Crippen LogP contribution in [0.15, 0.2) is 18.2 Å². The Morgan fingerprint density at radius 2 is 2.00 bits per heavy atom. The van der Waals surface area contributed by atoms with Crippen LogP contribution in [0, 0.1) is 0 Å². The predicted molar refractivity (Wildman–Crippen MR) is 71.5 cm³/mol. The van der Waals surface area contributed by atoms with Crippen LogP contribution in [0.4, 0.5) is 5.69 Å². The van der Waals surface area contributed by atoms with Crippen molar-refractivity contribution in [2.75, 3.05) is 31.1 Å². The molecule has 2 N–H and O–H groups in total. The number of hydrogen-bond acceptors (Lipinski definition) is 3. The summed E-state index contributed by atoms with van der Waals surface area (Å²) in [4.78, 5) is 2.35. The van der Waals surface area contributed by atoms with E-state index >= 15 is 0 Å². The molecule has 1 saturated heterocycles. The van der Waals surface area contributed by atoms with Crippen molar-refractivity contribution in [3.8, 4) is 0 Å². The van der Waals surface area contributed by atoms with Crippen molar-refractivity contribution in [3.05, 3.63) is 29.3 Å². The van der Waals surface area contributed by atoms with Gasteiger partial charge in [-0.15, -0.1) is 0 Å². The highest BCUT2D eigenvalue weighted by atomic mass is 16.3. The summed E-state index contributed by atoms with van der Waals surface area (Å²) in [5.74, 6) is 0.511. The Morgan fingerprint density at radius 3 is 2.59 bits per heavy atom. The highest BCUT2D eigenvalue weighted by molar-refractivity contribution is 5.55. The number of aliphatic hydroxyl groups is 1. The van der Waals surface area contributed by atoms with E-state index in [2.05, 4.69) is 42.3 Å². The smallest absolute Gasteiger partial charge is 0.0702 e. The minimum Gasteiger partial charge on any atom is -0.392 e. The molecule has 0 unspecified atom stereocenters. The van der Waals surface area contributed by atoms with E-state index in [9.17, 15) is 5.11 Å². The van der Waals surface area contributed by atoms with E-state index in [1.54, 1.807) is 0 Å². The van der Waals surface area contributed by atoms with Crippen molar-refractivity contribution in [3.63, 3.8) is 0 Å². The van der Waals surface area contributed by atoms with Gasteiger partial charge in [0.2, 0.25) is 0 Å². The Kier molecular flexibility index (Phi) is 4.02. The first-order chi connectivity index (χ1) is 8.22. The maximum Gasteiger partial charge on any atom is 0.0702 e. The van der Waals surface area contributed by atoms with E-state index in [0.29, 0.717) is 5.92 Å². The van der Waals surface area contributed by atoms with E-state index in [1.165, 1.54) is 11.3 Å². The van der Waals surface area contributed by atoms with Crippen molar-refractivity contribution < 1.29 is 5.11 Å². The standard InChI is InChI=1S/C14H22N2O/c1-11(2)12-3-4-14(13(9-12)10-17)16-7-5-15-6-8-16/h3-4,9,11,15,17H,5-8,10H2,1-2H3. The number of aliphatic hydroxyl groups excluding tert-OH is 1. The van der Waals surface area contributed by atoms with Gasteiger partial charge in [-0.1, -0.05) is 26.0 Å². The largest absolute Gasteiger partial charge is 0.392 e. The van der Waals surface area contributed by atoms with Gasteiger partial charge in [0.05, 0.1) is 6.61 Å². The molecule has 0 amide bonds.